The molecule has 21 heavy (non-hydrogen) atoms. The highest BCUT2D eigenvalue weighted by atomic mass is 35.5. The van der Waals surface area contributed by atoms with Crippen LogP contribution in [0.25, 0.3) is 0 Å². The molecule has 0 saturated carbocycles. The maximum absolute atomic E-state index is 6.37. The molecule has 0 amide bonds. The zero-order valence-corrected chi connectivity index (χ0v) is 13.5. The number of aromatic nitrogens is 2. The van der Waals surface area contributed by atoms with Crippen LogP contribution >= 0.6 is 11.6 Å². The Balaban J connectivity index is 2.40. The van der Waals surface area contributed by atoms with Crippen LogP contribution in [0, 0.1) is 0 Å². The zero-order valence-electron chi connectivity index (χ0n) is 12.7. The fourth-order valence-corrected chi connectivity index (χ4v) is 2.72. The summed E-state index contributed by atoms with van der Waals surface area (Å²) in [7, 11) is 1.68. The van der Waals surface area contributed by atoms with Gasteiger partial charge in [0.25, 0.3) is 0 Å². The van der Waals surface area contributed by atoms with Crippen molar-refractivity contribution in [3.05, 3.63) is 40.6 Å². The first-order chi connectivity index (χ1) is 10.2. The largest absolute Gasteiger partial charge is 0.469 e. The number of nitrogens with one attached hydrogen (secondary N) is 1. The SMILES string of the molecule is CCNC(c1ccoc1CC)c1c(Cl)cnn1CCOC. The maximum atomic E-state index is 6.37. The van der Waals surface area contributed by atoms with Crippen molar-refractivity contribution in [2.45, 2.75) is 32.9 Å². The molecule has 2 rings (SSSR count). The third-order valence-electron chi connectivity index (χ3n) is 3.43. The summed E-state index contributed by atoms with van der Waals surface area (Å²) in [5.74, 6) is 0.969. The van der Waals surface area contributed by atoms with Gasteiger partial charge in [0.1, 0.15) is 5.76 Å². The summed E-state index contributed by atoms with van der Waals surface area (Å²) in [5.41, 5.74) is 2.06. The molecule has 0 spiro atoms. The Morgan fingerprint density at radius 1 is 1.48 bits per heavy atom. The molecule has 5 nitrogen and oxygen atoms in total. The molecule has 0 aliphatic carbocycles. The molecular weight excluding hydrogens is 290 g/mol. The normalized spacial score (nSPS) is 12.8. The highest BCUT2D eigenvalue weighted by Crippen LogP contribution is 2.31. The Morgan fingerprint density at radius 2 is 2.29 bits per heavy atom. The van der Waals surface area contributed by atoms with E-state index in [4.69, 9.17) is 20.8 Å². The number of furan rings is 1. The van der Waals surface area contributed by atoms with Crippen LogP contribution in [0.5, 0.6) is 0 Å². The van der Waals surface area contributed by atoms with Crippen molar-refractivity contribution in [3.8, 4) is 0 Å². The van der Waals surface area contributed by atoms with Gasteiger partial charge in [-0.2, -0.15) is 5.10 Å². The third-order valence-corrected chi connectivity index (χ3v) is 3.73. The minimum atomic E-state index is -0.0319. The smallest absolute Gasteiger partial charge is 0.108 e. The molecule has 6 heteroatoms. The third kappa shape index (κ3) is 3.48. The van der Waals surface area contributed by atoms with Gasteiger partial charge in [0.05, 0.1) is 42.4 Å². The second-order valence-electron chi connectivity index (χ2n) is 4.74. The van der Waals surface area contributed by atoms with Crippen LogP contribution in [0.2, 0.25) is 5.02 Å². The molecule has 2 aromatic rings. The van der Waals surface area contributed by atoms with E-state index in [9.17, 15) is 0 Å². The van der Waals surface area contributed by atoms with E-state index in [0.717, 1.165) is 30.0 Å². The highest BCUT2D eigenvalue weighted by Gasteiger charge is 2.24. The standard InChI is InChI=1S/C15H22ClN3O2/c1-4-13-11(6-8-21-13)14(17-5-2)15-12(16)10-18-19(15)7-9-20-3/h6,8,10,14,17H,4-5,7,9H2,1-3H3. The molecular formula is C15H22ClN3O2. The monoisotopic (exact) mass is 311 g/mol. The quantitative estimate of drug-likeness (QED) is 0.814. The predicted octanol–water partition coefficient (Wildman–Crippen LogP) is 3.04. The fourth-order valence-electron chi connectivity index (χ4n) is 2.47. The lowest BCUT2D eigenvalue weighted by Gasteiger charge is -2.20. The van der Waals surface area contributed by atoms with Gasteiger partial charge in [-0.05, 0) is 12.6 Å². The van der Waals surface area contributed by atoms with Gasteiger partial charge in [-0.1, -0.05) is 25.4 Å². The summed E-state index contributed by atoms with van der Waals surface area (Å²) in [4.78, 5) is 0. The second kappa shape index (κ2) is 7.64. The summed E-state index contributed by atoms with van der Waals surface area (Å²) in [6.45, 7) is 6.23. The Morgan fingerprint density at radius 3 is 2.95 bits per heavy atom. The predicted molar refractivity (Wildman–Crippen MR) is 82.7 cm³/mol. The van der Waals surface area contributed by atoms with Gasteiger partial charge in [-0.15, -0.1) is 0 Å². The van der Waals surface area contributed by atoms with Crippen LogP contribution in [0.1, 0.15) is 36.9 Å². The van der Waals surface area contributed by atoms with E-state index in [-0.39, 0.29) is 6.04 Å². The van der Waals surface area contributed by atoms with Crippen molar-refractivity contribution in [2.75, 3.05) is 20.3 Å². The number of halogens is 1. The minimum absolute atomic E-state index is 0.0319. The van der Waals surface area contributed by atoms with Gasteiger partial charge < -0.3 is 14.5 Å². The van der Waals surface area contributed by atoms with Gasteiger partial charge in [-0.25, -0.2) is 0 Å². The van der Waals surface area contributed by atoms with Crippen LogP contribution in [-0.4, -0.2) is 30.0 Å². The molecule has 0 bridgehead atoms. The van der Waals surface area contributed by atoms with Gasteiger partial charge in [0, 0.05) is 19.1 Å². The number of rotatable bonds is 8. The van der Waals surface area contributed by atoms with Crippen LogP contribution in [0.15, 0.2) is 22.9 Å². The summed E-state index contributed by atoms with van der Waals surface area (Å²) < 4.78 is 12.6. The van der Waals surface area contributed by atoms with Gasteiger partial charge in [0.15, 0.2) is 0 Å². The first-order valence-corrected chi connectivity index (χ1v) is 7.60. The van der Waals surface area contributed by atoms with Crippen LogP contribution < -0.4 is 5.32 Å². The maximum Gasteiger partial charge on any atom is 0.108 e. The molecule has 0 fully saturated rings. The van der Waals surface area contributed by atoms with Crippen molar-refractivity contribution < 1.29 is 9.15 Å². The number of aryl methyl sites for hydroxylation is 1. The zero-order chi connectivity index (χ0) is 15.2. The van der Waals surface area contributed by atoms with E-state index >= 15 is 0 Å². The lowest BCUT2D eigenvalue weighted by molar-refractivity contribution is 0.182. The van der Waals surface area contributed by atoms with Crippen LogP contribution in [-0.2, 0) is 17.7 Å². The molecule has 0 radical (unpaired) electrons. The van der Waals surface area contributed by atoms with E-state index in [1.54, 1.807) is 19.6 Å². The molecule has 1 unspecified atom stereocenters. The molecule has 1 N–H and O–H groups in total. The Labute approximate surface area is 130 Å². The number of methoxy groups -OCH3 is 1. The van der Waals surface area contributed by atoms with Crippen molar-refractivity contribution in [1.82, 2.24) is 15.1 Å². The average molecular weight is 312 g/mol. The molecule has 2 aromatic heterocycles. The molecule has 0 aliphatic rings. The number of hydrogen-bond acceptors (Lipinski definition) is 4. The summed E-state index contributed by atoms with van der Waals surface area (Å²) in [6, 6.07) is 1.96. The van der Waals surface area contributed by atoms with E-state index in [1.165, 1.54) is 0 Å². The molecule has 0 aromatic carbocycles. The van der Waals surface area contributed by atoms with E-state index in [0.29, 0.717) is 18.2 Å². The van der Waals surface area contributed by atoms with Gasteiger partial charge >= 0.3 is 0 Å². The fraction of sp³-hybridized carbons (Fsp3) is 0.533. The molecule has 116 valence electrons. The average Bonchev–Trinajstić information content (AvgIpc) is 3.09. The van der Waals surface area contributed by atoms with E-state index in [1.807, 2.05) is 10.7 Å². The number of nitrogens with zero attached hydrogens (tertiary/aromatic N) is 2. The summed E-state index contributed by atoms with van der Waals surface area (Å²) >= 11 is 6.37. The molecule has 1 atom stereocenters. The highest BCUT2D eigenvalue weighted by molar-refractivity contribution is 6.31. The van der Waals surface area contributed by atoms with Crippen LogP contribution in [0.3, 0.4) is 0 Å². The van der Waals surface area contributed by atoms with E-state index in [2.05, 4.69) is 24.3 Å². The summed E-state index contributed by atoms with van der Waals surface area (Å²) in [6.07, 6.45) is 4.25. The lowest BCUT2D eigenvalue weighted by Crippen LogP contribution is -2.26. The van der Waals surface area contributed by atoms with Gasteiger partial charge in [0.2, 0.25) is 0 Å². The Bertz CT molecular complexity index is 565. The lowest BCUT2D eigenvalue weighted by atomic mass is 10.0. The summed E-state index contributed by atoms with van der Waals surface area (Å²) in [5, 5.41) is 8.48. The molecule has 2 heterocycles. The molecule has 0 aliphatic heterocycles. The van der Waals surface area contributed by atoms with Crippen molar-refractivity contribution in [3.63, 3.8) is 0 Å². The first-order valence-electron chi connectivity index (χ1n) is 7.22. The molecule has 0 saturated heterocycles. The minimum Gasteiger partial charge on any atom is -0.469 e. The van der Waals surface area contributed by atoms with Crippen LogP contribution in [0.4, 0.5) is 0 Å². The Kier molecular flexibility index (Phi) is 5.85. The van der Waals surface area contributed by atoms with E-state index < -0.39 is 0 Å². The number of ether oxygens (including phenoxy) is 1. The number of hydrogen-bond donors (Lipinski definition) is 1. The topological polar surface area (TPSA) is 52.2 Å². The second-order valence-corrected chi connectivity index (χ2v) is 5.14. The first kappa shape index (κ1) is 16.1. The van der Waals surface area contributed by atoms with Gasteiger partial charge in [-0.3, -0.25) is 4.68 Å². The van der Waals surface area contributed by atoms with Crippen molar-refractivity contribution >= 4 is 11.6 Å². The Hall–Kier alpha value is -1.30. The van der Waals surface area contributed by atoms with Crippen molar-refractivity contribution in [2.24, 2.45) is 0 Å². The van der Waals surface area contributed by atoms with Crippen molar-refractivity contribution in [1.29, 1.82) is 0 Å².